The number of nitrogens with one attached hydrogen (secondary N) is 1. The van der Waals surface area contributed by atoms with E-state index in [1.165, 1.54) is 19.2 Å². The van der Waals surface area contributed by atoms with Gasteiger partial charge in [0.2, 0.25) is 0 Å². The highest BCUT2D eigenvalue weighted by Gasteiger charge is 2.14. The zero-order chi connectivity index (χ0) is 15.1. The highest BCUT2D eigenvalue weighted by molar-refractivity contribution is 5.99. The van der Waals surface area contributed by atoms with Crippen LogP contribution >= 0.6 is 0 Å². The molecule has 0 aliphatic carbocycles. The van der Waals surface area contributed by atoms with E-state index < -0.39 is 11.9 Å². The lowest BCUT2D eigenvalue weighted by atomic mass is 10.1. The molecule has 0 unspecified atom stereocenters. The van der Waals surface area contributed by atoms with E-state index >= 15 is 0 Å². The van der Waals surface area contributed by atoms with Crippen molar-refractivity contribution in [2.45, 2.75) is 0 Å². The van der Waals surface area contributed by atoms with E-state index in [1.807, 2.05) is 0 Å². The van der Waals surface area contributed by atoms with E-state index in [0.29, 0.717) is 0 Å². The second kappa shape index (κ2) is 6.57. The van der Waals surface area contributed by atoms with Gasteiger partial charge in [0.25, 0.3) is 0 Å². The van der Waals surface area contributed by atoms with E-state index in [9.17, 15) is 9.59 Å². The minimum absolute atomic E-state index is 0.0835. The first-order valence-electron chi connectivity index (χ1n) is 5.26. The first-order chi connectivity index (χ1) is 9.53. The molecule has 0 saturated heterocycles. The third kappa shape index (κ3) is 3.34. The Hall–Kier alpha value is -3.32. The third-order valence-corrected chi connectivity index (χ3v) is 2.28. The van der Waals surface area contributed by atoms with Gasteiger partial charge in [-0.3, -0.25) is 0 Å². The summed E-state index contributed by atoms with van der Waals surface area (Å²) in [4.78, 5) is 22.5. The van der Waals surface area contributed by atoms with Crippen LogP contribution in [-0.4, -0.2) is 24.2 Å². The molecule has 0 bridgehead atoms. The number of hydrogen-bond donors (Lipinski definition) is 2. The Balaban J connectivity index is 3.19. The second-order valence-electron chi connectivity index (χ2n) is 3.48. The highest BCUT2D eigenvalue weighted by atomic mass is 16.5. The number of methoxy groups -OCH3 is 1. The summed E-state index contributed by atoms with van der Waals surface area (Å²) in [7, 11) is 1.18. The van der Waals surface area contributed by atoms with Crippen LogP contribution in [-0.2, 0) is 4.74 Å². The molecule has 0 amide bonds. The number of benzene rings is 1. The number of carbonyl (C=O) groups excluding carboxylic acids is 1. The number of carbonyl (C=O) groups is 2. The number of carboxylic acids is 1. The molecule has 2 N–H and O–H groups in total. The van der Waals surface area contributed by atoms with Crippen molar-refractivity contribution >= 4 is 17.6 Å². The Morgan fingerprint density at radius 3 is 2.50 bits per heavy atom. The number of nitrogens with zero attached hydrogens (tertiary/aromatic N) is 2. The van der Waals surface area contributed by atoms with Crippen LogP contribution in [0.5, 0.6) is 0 Å². The quantitative estimate of drug-likeness (QED) is 0.628. The van der Waals surface area contributed by atoms with E-state index in [2.05, 4.69) is 10.1 Å². The molecule has 0 atom stereocenters. The fourth-order valence-electron chi connectivity index (χ4n) is 1.33. The summed E-state index contributed by atoms with van der Waals surface area (Å²) in [5.74, 6) is -1.92. The van der Waals surface area contributed by atoms with Crippen molar-refractivity contribution in [3.05, 3.63) is 41.1 Å². The van der Waals surface area contributed by atoms with Crippen molar-refractivity contribution in [1.82, 2.24) is 0 Å². The number of anilines is 1. The Morgan fingerprint density at radius 2 is 2.00 bits per heavy atom. The Bertz CT molecular complexity index is 649. The van der Waals surface area contributed by atoms with Gasteiger partial charge in [-0.2, -0.15) is 10.5 Å². The smallest absolute Gasteiger partial charge is 0.337 e. The number of rotatable bonds is 4. The van der Waals surface area contributed by atoms with Crippen LogP contribution in [0.25, 0.3) is 0 Å². The lowest BCUT2D eigenvalue weighted by molar-refractivity contribution is 0.0601. The zero-order valence-electron chi connectivity index (χ0n) is 10.4. The van der Waals surface area contributed by atoms with Gasteiger partial charge < -0.3 is 15.2 Å². The Kier molecular flexibility index (Phi) is 4.84. The SMILES string of the molecule is COC(=O)c1ccc(NC=C(C#N)C#N)c(C(=O)O)c1. The minimum Gasteiger partial charge on any atom is -0.478 e. The Morgan fingerprint density at radius 1 is 1.35 bits per heavy atom. The monoisotopic (exact) mass is 271 g/mol. The van der Waals surface area contributed by atoms with Gasteiger partial charge in [0, 0.05) is 6.20 Å². The van der Waals surface area contributed by atoms with Crippen molar-refractivity contribution in [2.75, 3.05) is 12.4 Å². The minimum atomic E-state index is -1.26. The Labute approximate surface area is 114 Å². The number of aromatic carboxylic acids is 1. The van der Waals surface area contributed by atoms with Crippen molar-refractivity contribution in [2.24, 2.45) is 0 Å². The first-order valence-corrected chi connectivity index (χ1v) is 5.26. The summed E-state index contributed by atoms with van der Waals surface area (Å²) in [5.41, 5.74) is -0.161. The standard InChI is InChI=1S/C13H9N3O4/c1-20-13(19)9-2-3-11(10(4-9)12(17)18)16-7-8(5-14)6-15/h2-4,7,16H,1H3,(H,17,18). The van der Waals surface area contributed by atoms with Crippen LogP contribution in [0.15, 0.2) is 30.0 Å². The highest BCUT2D eigenvalue weighted by Crippen LogP contribution is 2.18. The molecule has 1 aromatic carbocycles. The number of ether oxygens (including phenoxy) is 1. The molecule has 0 spiro atoms. The zero-order valence-corrected chi connectivity index (χ0v) is 10.4. The molecule has 0 radical (unpaired) electrons. The predicted molar refractivity (Wildman–Crippen MR) is 67.7 cm³/mol. The summed E-state index contributed by atoms with van der Waals surface area (Å²) in [5, 5.41) is 28.8. The molecule has 7 heteroatoms. The van der Waals surface area contributed by atoms with Gasteiger partial charge in [0.15, 0.2) is 0 Å². The molecule has 0 saturated carbocycles. The number of carboxylic acid groups (broad SMARTS) is 1. The number of allylic oxidation sites excluding steroid dienone is 1. The topological polar surface area (TPSA) is 123 Å². The molecule has 0 heterocycles. The average Bonchev–Trinajstić information content (AvgIpc) is 2.47. The summed E-state index contributed by atoms with van der Waals surface area (Å²) in [6.45, 7) is 0. The predicted octanol–water partition coefficient (Wildman–Crippen LogP) is 1.51. The van der Waals surface area contributed by atoms with Crippen molar-refractivity contribution in [3.8, 4) is 12.1 Å². The molecule has 1 rings (SSSR count). The van der Waals surface area contributed by atoms with E-state index in [4.69, 9.17) is 15.6 Å². The summed E-state index contributed by atoms with van der Waals surface area (Å²) in [6.07, 6.45) is 1.08. The second-order valence-corrected chi connectivity index (χ2v) is 3.48. The summed E-state index contributed by atoms with van der Waals surface area (Å²) < 4.78 is 4.49. The molecular formula is C13H9N3O4. The lowest BCUT2D eigenvalue weighted by Crippen LogP contribution is -2.07. The maximum absolute atomic E-state index is 11.3. The maximum Gasteiger partial charge on any atom is 0.337 e. The number of nitriles is 2. The fraction of sp³-hybridized carbons (Fsp3) is 0.0769. The molecule has 7 nitrogen and oxygen atoms in total. The fourth-order valence-corrected chi connectivity index (χ4v) is 1.33. The summed E-state index contributed by atoms with van der Waals surface area (Å²) >= 11 is 0. The number of esters is 1. The van der Waals surface area contributed by atoms with Crippen molar-refractivity contribution < 1.29 is 19.4 Å². The van der Waals surface area contributed by atoms with Gasteiger partial charge in [-0.05, 0) is 18.2 Å². The molecule has 100 valence electrons. The molecule has 0 aliphatic heterocycles. The van der Waals surface area contributed by atoms with Gasteiger partial charge in [0.1, 0.15) is 17.7 Å². The van der Waals surface area contributed by atoms with Crippen LogP contribution in [0, 0.1) is 22.7 Å². The number of hydrogen-bond acceptors (Lipinski definition) is 6. The van der Waals surface area contributed by atoms with Crippen molar-refractivity contribution in [3.63, 3.8) is 0 Å². The van der Waals surface area contributed by atoms with Crippen LogP contribution in [0.1, 0.15) is 20.7 Å². The van der Waals surface area contributed by atoms with Gasteiger partial charge in [-0.15, -0.1) is 0 Å². The van der Waals surface area contributed by atoms with Gasteiger partial charge >= 0.3 is 11.9 Å². The molecule has 1 aromatic rings. The van der Waals surface area contributed by atoms with Gasteiger partial charge in [-0.1, -0.05) is 0 Å². The molecule has 0 aliphatic rings. The normalized spacial score (nSPS) is 8.75. The van der Waals surface area contributed by atoms with Crippen LogP contribution in [0.4, 0.5) is 5.69 Å². The van der Waals surface area contributed by atoms with E-state index in [-0.39, 0.29) is 22.4 Å². The third-order valence-electron chi connectivity index (χ3n) is 2.28. The van der Waals surface area contributed by atoms with Crippen LogP contribution < -0.4 is 5.32 Å². The molecule has 20 heavy (non-hydrogen) atoms. The van der Waals surface area contributed by atoms with Crippen LogP contribution in [0.2, 0.25) is 0 Å². The van der Waals surface area contributed by atoms with E-state index in [0.717, 1.165) is 12.3 Å². The molecule has 0 aromatic heterocycles. The van der Waals surface area contributed by atoms with E-state index in [1.54, 1.807) is 12.1 Å². The average molecular weight is 271 g/mol. The van der Waals surface area contributed by atoms with Gasteiger partial charge in [0.05, 0.1) is 23.9 Å². The molecule has 0 fully saturated rings. The summed E-state index contributed by atoms with van der Waals surface area (Å²) in [6, 6.07) is 7.11. The first kappa shape index (κ1) is 14.7. The maximum atomic E-state index is 11.3. The largest absolute Gasteiger partial charge is 0.478 e. The van der Waals surface area contributed by atoms with Crippen molar-refractivity contribution in [1.29, 1.82) is 10.5 Å². The van der Waals surface area contributed by atoms with Gasteiger partial charge in [-0.25, -0.2) is 9.59 Å². The molecular weight excluding hydrogens is 262 g/mol. The van der Waals surface area contributed by atoms with Crippen LogP contribution in [0.3, 0.4) is 0 Å². The lowest BCUT2D eigenvalue weighted by Gasteiger charge is -2.07.